The molecule has 0 radical (unpaired) electrons. The number of Topliss-reactive ketones (excluding diaryl/α,β-unsaturated/α-hetero) is 2. The standard InChI is InChI=1S/C62H51BF6O5P2/c1-46-25-21-23-39-57(46)59(70)44-75(51-27-9-3-10-28-51,52-29-11-4-12-30-52,53-31-13-5-14-32-53)73-63(72-50-42-48(61(64,65)66)41-49(43-50)62(67,68)69)74-76(54-33-15-6-16-34-54,55-35-17-7-18-36-55,56-37-19-8-20-38-56)45-60(71)58-40-24-22-26-47(58)2/h3-43H,44-45H2,1-2H3. The van der Waals surface area contributed by atoms with Crippen LogP contribution < -0.4 is 36.5 Å². The van der Waals surface area contributed by atoms with Crippen LogP contribution in [0, 0.1) is 13.8 Å². The third-order valence-corrected chi connectivity index (χ3v) is 25.4. The van der Waals surface area contributed by atoms with Crippen LogP contribution >= 0.6 is 13.7 Å². The Morgan fingerprint density at radius 1 is 0.382 bits per heavy atom. The van der Waals surface area contributed by atoms with Crippen LogP contribution in [0.5, 0.6) is 5.75 Å². The zero-order valence-corrected chi connectivity index (χ0v) is 43.2. The summed E-state index contributed by atoms with van der Waals surface area (Å²) in [7, 11) is -2.37. The first-order valence-electron chi connectivity index (χ1n) is 24.4. The molecule has 0 aliphatic carbocycles. The fourth-order valence-corrected chi connectivity index (χ4v) is 21.4. The number of rotatable bonds is 18. The second kappa shape index (κ2) is 21.3. The average Bonchev–Trinajstić information content (AvgIpc) is 3.64. The topological polar surface area (TPSA) is 61.8 Å². The van der Waals surface area contributed by atoms with E-state index < -0.39 is 74.1 Å². The Labute approximate surface area is 438 Å². The van der Waals surface area contributed by atoms with E-state index in [9.17, 15) is 26.3 Å². The minimum absolute atomic E-state index is 0.0150. The van der Waals surface area contributed by atoms with Crippen LogP contribution in [0.3, 0.4) is 0 Å². The second-order valence-corrected chi connectivity index (χ2v) is 27.6. The van der Waals surface area contributed by atoms with E-state index in [1.165, 1.54) is 0 Å². The molecule has 9 aromatic carbocycles. The van der Waals surface area contributed by atoms with E-state index >= 15 is 9.59 Å². The number of hydrogen-bond donors (Lipinski definition) is 0. The van der Waals surface area contributed by atoms with Crippen LogP contribution in [0.1, 0.15) is 43.0 Å². The van der Waals surface area contributed by atoms with Crippen LogP contribution in [0.15, 0.2) is 249 Å². The van der Waals surface area contributed by atoms with Gasteiger partial charge < -0.3 is 0 Å². The number of alkyl halides is 6. The molecule has 0 atom stereocenters. The molecule has 9 aromatic rings. The van der Waals surface area contributed by atoms with Crippen molar-refractivity contribution in [2.45, 2.75) is 26.2 Å². The molecule has 384 valence electrons. The number of ketones is 2. The van der Waals surface area contributed by atoms with Crippen molar-refractivity contribution in [3.63, 3.8) is 0 Å². The van der Waals surface area contributed by atoms with Gasteiger partial charge in [-0.1, -0.05) is 0 Å². The third kappa shape index (κ3) is 9.83. The van der Waals surface area contributed by atoms with Crippen LogP contribution in [0.2, 0.25) is 0 Å². The summed E-state index contributed by atoms with van der Waals surface area (Å²) >= 11 is 0. The molecule has 0 N–H and O–H groups in total. The predicted molar refractivity (Wildman–Crippen MR) is 296 cm³/mol. The van der Waals surface area contributed by atoms with Gasteiger partial charge in [0.05, 0.1) is 0 Å². The van der Waals surface area contributed by atoms with Crippen LogP contribution in [-0.2, 0) is 21.2 Å². The van der Waals surface area contributed by atoms with Gasteiger partial charge in [-0.2, -0.15) is 0 Å². The number of carbonyl (C=O) groups is 2. The first-order chi connectivity index (χ1) is 36.5. The monoisotopic (exact) mass is 1060 g/mol. The molecule has 0 spiro atoms. The molecule has 0 saturated heterocycles. The van der Waals surface area contributed by atoms with E-state index in [0.717, 1.165) is 0 Å². The molecule has 0 aliphatic heterocycles. The van der Waals surface area contributed by atoms with E-state index in [0.29, 0.717) is 66.2 Å². The van der Waals surface area contributed by atoms with Crippen molar-refractivity contribution in [3.8, 4) is 5.75 Å². The molecule has 0 unspecified atom stereocenters. The van der Waals surface area contributed by atoms with E-state index in [1.54, 1.807) is 244 Å². The van der Waals surface area contributed by atoms with E-state index in [1.807, 2.05) is 0 Å². The second-order valence-electron chi connectivity index (χ2n) is 18.6. The Kier molecular flexibility index (Phi) is 14.9. The molecular weight excluding hydrogens is 1010 g/mol. The molecule has 0 amide bonds. The number of carbonyl (C=O) groups excluding carboxylic acids is 2. The normalized spacial score (nSPS) is 13.1. The molecule has 9 rings (SSSR count). The van der Waals surface area contributed by atoms with Crippen molar-refractivity contribution < 1.29 is 49.5 Å². The molecule has 76 heavy (non-hydrogen) atoms. The van der Waals surface area contributed by atoms with Crippen molar-refractivity contribution in [2.75, 3.05) is 12.3 Å². The SMILES string of the molecule is Cc1ccccc1C(=O)CP(OB(Oc1cc(C(F)(F)F)cc(C(F)(F)F)c1)OP(CC(=O)c1ccccc1C)(c1ccccc1)(c1ccccc1)c1ccccc1)(c1ccccc1)(c1ccccc1)c1ccccc1. The van der Waals surface area contributed by atoms with Gasteiger partial charge in [-0.3, -0.25) is 0 Å². The van der Waals surface area contributed by atoms with E-state index in [-0.39, 0.29) is 6.07 Å². The van der Waals surface area contributed by atoms with Crippen molar-refractivity contribution in [3.05, 3.63) is 282 Å². The first-order valence-corrected chi connectivity index (χ1v) is 29.0. The van der Waals surface area contributed by atoms with Gasteiger partial charge in [-0.25, -0.2) is 0 Å². The van der Waals surface area contributed by atoms with Crippen LogP contribution in [0.25, 0.3) is 0 Å². The zero-order valence-electron chi connectivity index (χ0n) is 41.4. The molecule has 0 fully saturated rings. The summed E-state index contributed by atoms with van der Waals surface area (Å²) in [5.74, 6) is -1.71. The quantitative estimate of drug-likeness (QED) is 0.0371. The van der Waals surface area contributed by atoms with Crippen LogP contribution in [0.4, 0.5) is 26.3 Å². The van der Waals surface area contributed by atoms with Crippen molar-refractivity contribution in [2.24, 2.45) is 0 Å². The number of benzene rings is 9. The van der Waals surface area contributed by atoms with Crippen molar-refractivity contribution in [1.29, 1.82) is 0 Å². The Balaban J connectivity index is 1.48. The summed E-state index contributed by atoms with van der Waals surface area (Å²) in [5.41, 5.74) is -1.34. The maximum atomic E-state index is 15.8. The molecule has 14 heteroatoms. The summed E-state index contributed by atoms with van der Waals surface area (Å²) in [5, 5.41) is 2.67. The Morgan fingerprint density at radius 3 is 0.882 bits per heavy atom. The Bertz CT molecular complexity index is 3050. The summed E-state index contributed by atoms with van der Waals surface area (Å²) in [6, 6.07) is 68.4. The van der Waals surface area contributed by atoms with Gasteiger partial charge in [0, 0.05) is 0 Å². The molecule has 0 aliphatic rings. The maximum absolute atomic E-state index is 15.8. The average molecular weight is 1060 g/mol. The molecule has 0 heterocycles. The number of hydrogen-bond acceptors (Lipinski definition) is 5. The number of aryl methyl sites for hydroxylation is 2. The van der Waals surface area contributed by atoms with Crippen molar-refractivity contribution >= 4 is 64.4 Å². The fraction of sp³-hybridized carbons (Fsp3) is 0.0968. The minimum atomic E-state index is -5.29. The fourth-order valence-electron chi connectivity index (χ4n) is 10.4. The molecular formula is C62H51BF6O5P2. The van der Waals surface area contributed by atoms with Crippen molar-refractivity contribution in [1.82, 2.24) is 0 Å². The summed E-state index contributed by atoms with van der Waals surface area (Å²) in [4.78, 5) is 31.6. The zero-order chi connectivity index (χ0) is 53.7. The molecule has 5 nitrogen and oxygen atoms in total. The van der Waals surface area contributed by atoms with Gasteiger partial charge in [0.1, 0.15) is 0 Å². The van der Waals surface area contributed by atoms with Gasteiger partial charge in [-0.15, -0.1) is 0 Å². The summed E-state index contributed by atoms with van der Waals surface area (Å²) < 4.78 is 113. The summed E-state index contributed by atoms with van der Waals surface area (Å²) in [6.45, 7) is -6.97. The van der Waals surface area contributed by atoms with Crippen LogP contribution in [-0.4, -0.2) is 31.2 Å². The van der Waals surface area contributed by atoms with Gasteiger partial charge in [0.15, 0.2) is 0 Å². The molecule has 0 aromatic heterocycles. The third-order valence-electron chi connectivity index (χ3n) is 14.0. The summed E-state index contributed by atoms with van der Waals surface area (Å²) in [6.07, 6.45) is -11.5. The van der Waals surface area contributed by atoms with E-state index in [2.05, 4.69) is 0 Å². The Hall–Kier alpha value is -7.46. The van der Waals surface area contributed by atoms with Gasteiger partial charge >= 0.3 is 440 Å². The van der Waals surface area contributed by atoms with Gasteiger partial charge in [-0.05, 0) is 0 Å². The molecule has 0 saturated carbocycles. The van der Waals surface area contributed by atoms with E-state index in [4.69, 9.17) is 13.5 Å². The van der Waals surface area contributed by atoms with Gasteiger partial charge in [0.2, 0.25) is 0 Å². The predicted octanol–water partition coefficient (Wildman–Crippen LogP) is 13.4. The Morgan fingerprint density at radius 2 is 0.632 bits per heavy atom. The first kappa shape index (κ1) is 53.4. The molecule has 0 bridgehead atoms. The number of halogens is 6. The van der Waals surface area contributed by atoms with Gasteiger partial charge in [0.25, 0.3) is 0 Å².